The van der Waals surface area contributed by atoms with Crippen LogP contribution in [0.15, 0.2) is 71.5 Å². The Bertz CT molecular complexity index is 1680. The number of nitrogens with one attached hydrogen (secondary N) is 1. The predicted molar refractivity (Wildman–Crippen MR) is 164 cm³/mol. The SMILES string of the molecule is CC(C)(C)OC(=O)N1CC[C@H](n2c(=O)n(-c3ccc(-c4ccccc4)cc3)c3ccc(C(=O)NC4CCOCC4)nc32)C1. The first-order valence-corrected chi connectivity index (χ1v) is 14.8. The Morgan fingerprint density at radius 3 is 2.33 bits per heavy atom. The number of fused-ring (bicyclic) bond motifs is 1. The molecule has 2 fully saturated rings. The largest absolute Gasteiger partial charge is 0.444 e. The van der Waals surface area contributed by atoms with Gasteiger partial charge in [-0.2, -0.15) is 0 Å². The van der Waals surface area contributed by atoms with Crippen molar-refractivity contribution in [2.45, 2.75) is 57.7 Å². The first-order chi connectivity index (χ1) is 20.7. The van der Waals surface area contributed by atoms with E-state index < -0.39 is 11.7 Å². The summed E-state index contributed by atoms with van der Waals surface area (Å²) in [6.45, 7) is 7.47. The highest BCUT2D eigenvalue weighted by Crippen LogP contribution is 2.28. The average Bonchev–Trinajstić information content (AvgIpc) is 3.59. The fourth-order valence-electron chi connectivity index (χ4n) is 5.78. The lowest BCUT2D eigenvalue weighted by Gasteiger charge is -2.24. The van der Waals surface area contributed by atoms with Gasteiger partial charge in [-0.15, -0.1) is 0 Å². The van der Waals surface area contributed by atoms with Crippen molar-refractivity contribution in [2.75, 3.05) is 26.3 Å². The molecule has 0 bridgehead atoms. The van der Waals surface area contributed by atoms with Crippen LogP contribution >= 0.6 is 0 Å². The molecular weight excluding hydrogens is 546 g/mol. The molecule has 1 N–H and O–H groups in total. The maximum atomic E-state index is 14.2. The Morgan fingerprint density at radius 1 is 0.930 bits per heavy atom. The van der Waals surface area contributed by atoms with E-state index in [1.165, 1.54) is 0 Å². The highest BCUT2D eigenvalue weighted by molar-refractivity contribution is 5.94. The molecule has 0 unspecified atom stereocenters. The standard InChI is InChI=1S/C33H37N5O5/c1-33(2,3)43-32(41)36-18-15-26(21-36)38-29-28(14-13-27(35-29)30(39)34-24-16-19-42-20-17-24)37(31(38)40)25-11-9-23(10-12-25)22-7-5-4-6-8-22/h4-14,24,26H,15-21H2,1-3H3,(H,34,39)/t26-/m0/s1. The van der Waals surface area contributed by atoms with Crippen molar-refractivity contribution in [1.29, 1.82) is 0 Å². The zero-order chi connectivity index (χ0) is 30.1. The molecule has 2 aliphatic rings. The van der Waals surface area contributed by atoms with Gasteiger partial charge in [-0.3, -0.25) is 13.9 Å². The van der Waals surface area contributed by atoms with E-state index in [1.54, 1.807) is 26.2 Å². The summed E-state index contributed by atoms with van der Waals surface area (Å²) in [7, 11) is 0. The number of hydrogen-bond acceptors (Lipinski definition) is 6. The minimum Gasteiger partial charge on any atom is -0.444 e. The van der Waals surface area contributed by atoms with Crippen LogP contribution in [0, 0.1) is 0 Å². The molecule has 43 heavy (non-hydrogen) atoms. The van der Waals surface area contributed by atoms with Crippen LogP contribution in [-0.2, 0) is 9.47 Å². The van der Waals surface area contributed by atoms with E-state index in [2.05, 4.69) is 5.32 Å². The Morgan fingerprint density at radius 2 is 1.63 bits per heavy atom. The third-order valence-corrected chi connectivity index (χ3v) is 7.92. The fourth-order valence-corrected chi connectivity index (χ4v) is 5.78. The molecule has 2 aromatic heterocycles. The molecule has 0 radical (unpaired) electrons. The summed E-state index contributed by atoms with van der Waals surface area (Å²) < 4.78 is 14.3. The number of benzene rings is 2. The minimum atomic E-state index is -0.623. The molecule has 1 atom stereocenters. The minimum absolute atomic E-state index is 0.0193. The zero-order valence-electron chi connectivity index (χ0n) is 24.8. The van der Waals surface area contributed by atoms with E-state index in [0.29, 0.717) is 49.6 Å². The smallest absolute Gasteiger partial charge is 0.410 e. The van der Waals surface area contributed by atoms with Gasteiger partial charge in [0.15, 0.2) is 5.65 Å². The lowest BCUT2D eigenvalue weighted by molar-refractivity contribution is 0.0289. The Balaban J connectivity index is 1.38. The number of ether oxygens (including phenoxy) is 2. The Kier molecular flexibility index (Phi) is 7.79. The van der Waals surface area contributed by atoms with Crippen LogP contribution in [-0.4, -0.2) is 69.0 Å². The van der Waals surface area contributed by atoms with Crippen molar-refractivity contribution >= 4 is 23.2 Å². The topological polar surface area (TPSA) is 108 Å². The Labute approximate surface area is 250 Å². The molecule has 2 amide bonds. The number of likely N-dealkylation sites (tertiary alicyclic amines) is 1. The van der Waals surface area contributed by atoms with Gasteiger partial charge in [0.25, 0.3) is 5.91 Å². The van der Waals surface area contributed by atoms with E-state index in [-0.39, 0.29) is 29.4 Å². The van der Waals surface area contributed by atoms with Crippen molar-refractivity contribution in [2.24, 2.45) is 0 Å². The number of carbonyl (C=O) groups excluding carboxylic acids is 2. The predicted octanol–water partition coefficient (Wildman–Crippen LogP) is 4.94. The molecule has 6 rings (SSSR count). The number of amides is 2. The summed E-state index contributed by atoms with van der Waals surface area (Å²) in [5.41, 5.74) is 3.16. The summed E-state index contributed by atoms with van der Waals surface area (Å²) in [5.74, 6) is -0.283. The van der Waals surface area contributed by atoms with Gasteiger partial charge in [-0.25, -0.2) is 14.6 Å². The van der Waals surface area contributed by atoms with Crippen LogP contribution in [0.4, 0.5) is 4.79 Å². The van der Waals surface area contributed by atoms with Crippen molar-refractivity contribution in [3.05, 3.63) is 82.9 Å². The first kappa shape index (κ1) is 28.7. The number of pyridine rings is 1. The van der Waals surface area contributed by atoms with E-state index in [1.807, 2.05) is 75.4 Å². The number of hydrogen-bond donors (Lipinski definition) is 1. The monoisotopic (exact) mass is 583 g/mol. The molecule has 0 spiro atoms. The molecule has 0 saturated carbocycles. The van der Waals surface area contributed by atoms with E-state index in [4.69, 9.17) is 14.5 Å². The third-order valence-electron chi connectivity index (χ3n) is 7.92. The lowest BCUT2D eigenvalue weighted by Crippen LogP contribution is -2.39. The highest BCUT2D eigenvalue weighted by Gasteiger charge is 2.34. The van der Waals surface area contributed by atoms with Crippen LogP contribution in [0.3, 0.4) is 0 Å². The molecular formula is C33H37N5O5. The van der Waals surface area contributed by atoms with E-state index >= 15 is 0 Å². The molecule has 4 heterocycles. The van der Waals surface area contributed by atoms with Gasteiger partial charge >= 0.3 is 11.8 Å². The van der Waals surface area contributed by atoms with Gasteiger partial charge in [-0.1, -0.05) is 42.5 Å². The van der Waals surface area contributed by atoms with Crippen LogP contribution in [0.1, 0.15) is 56.6 Å². The number of carbonyl (C=O) groups is 2. The molecule has 2 aromatic carbocycles. The first-order valence-electron chi connectivity index (χ1n) is 14.8. The number of nitrogens with zero attached hydrogens (tertiary/aromatic N) is 4. The van der Waals surface area contributed by atoms with Crippen LogP contribution in [0.2, 0.25) is 0 Å². The van der Waals surface area contributed by atoms with Gasteiger partial charge < -0.3 is 19.7 Å². The molecule has 0 aliphatic carbocycles. The van der Waals surface area contributed by atoms with Gasteiger partial charge in [0, 0.05) is 32.3 Å². The lowest BCUT2D eigenvalue weighted by atomic mass is 10.1. The van der Waals surface area contributed by atoms with Crippen molar-refractivity contribution in [1.82, 2.24) is 24.3 Å². The van der Waals surface area contributed by atoms with Gasteiger partial charge in [0.05, 0.1) is 17.2 Å². The van der Waals surface area contributed by atoms with E-state index in [9.17, 15) is 14.4 Å². The second-order valence-electron chi connectivity index (χ2n) is 12.2. The number of rotatable bonds is 5. The summed E-state index contributed by atoms with van der Waals surface area (Å²) in [6.07, 6.45) is 1.64. The summed E-state index contributed by atoms with van der Waals surface area (Å²) in [5, 5.41) is 3.06. The highest BCUT2D eigenvalue weighted by atomic mass is 16.6. The number of aromatic nitrogens is 3. The summed E-state index contributed by atoms with van der Waals surface area (Å²) in [4.78, 5) is 46.6. The van der Waals surface area contributed by atoms with Gasteiger partial charge in [0.1, 0.15) is 11.3 Å². The van der Waals surface area contributed by atoms with Crippen molar-refractivity contribution < 1.29 is 19.1 Å². The quantitative estimate of drug-likeness (QED) is 0.357. The second-order valence-corrected chi connectivity index (χ2v) is 12.2. The van der Waals surface area contributed by atoms with Crippen molar-refractivity contribution in [3.63, 3.8) is 0 Å². The molecule has 2 aliphatic heterocycles. The van der Waals surface area contributed by atoms with Crippen LogP contribution in [0.5, 0.6) is 0 Å². The maximum Gasteiger partial charge on any atom is 0.410 e. The zero-order valence-corrected chi connectivity index (χ0v) is 24.8. The molecule has 4 aromatic rings. The number of imidazole rings is 1. The molecule has 10 nitrogen and oxygen atoms in total. The van der Waals surface area contributed by atoms with Crippen LogP contribution < -0.4 is 11.0 Å². The van der Waals surface area contributed by atoms with Gasteiger partial charge in [0.2, 0.25) is 0 Å². The summed E-state index contributed by atoms with van der Waals surface area (Å²) in [6, 6.07) is 21.0. The van der Waals surface area contributed by atoms with Gasteiger partial charge in [-0.05, 0) is 75.4 Å². The Hall–Kier alpha value is -4.44. The third kappa shape index (κ3) is 6.06. The molecule has 224 valence electrons. The van der Waals surface area contributed by atoms with Crippen molar-refractivity contribution in [3.8, 4) is 16.8 Å². The van der Waals surface area contributed by atoms with Crippen LogP contribution in [0.25, 0.3) is 28.0 Å². The summed E-state index contributed by atoms with van der Waals surface area (Å²) >= 11 is 0. The maximum absolute atomic E-state index is 14.2. The molecule has 10 heteroatoms. The normalized spacial score (nSPS) is 17.7. The molecule has 2 saturated heterocycles. The second kappa shape index (κ2) is 11.7. The fraction of sp³-hybridized carbons (Fsp3) is 0.394. The average molecular weight is 584 g/mol. The van der Waals surface area contributed by atoms with E-state index in [0.717, 1.165) is 24.0 Å².